The summed E-state index contributed by atoms with van der Waals surface area (Å²) < 4.78 is 20.5. The fraction of sp³-hybridized carbons (Fsp3) is 0.280. The molecule has 1 saturated heterocycles. The highest BCUT2D eigenvalue weighted by atomic mass is 19.1. The molecular weight excluding hydrogens is 365 g/mol. The highest BCUT2D eigenvalue weighted by Crippen LogP contribution is 2.34. The number of nitrogens with zero attached hydrogens (tertiary/aromatic N) is 1. The molecule has 0 spiro atoms. The van der Waals surface area contributed by atoms with Gasteiger partial charge in [0.2, 0.25) is 0 Å². The van der Waals surface area contributed by atoms with Gasteiger partial charge in [-0.15, -0.1) is 0 Å². The SMILES string of the molecule is OC(Cc1ccccc1F)(c1ccccc1)C1CN(Cc2ccccc2)CCO1. The summed E-state index contributed by atoms with van der Waals surface area (Å²) in [6, 6.07) is 26.4. The number of rotatable bonds is 6. The van der Waals surface area contributed by atoms with Crippen molar-refractivity contribution in [2.24, 2.45) is 0 Å². The van der Waals surface area contributed by atoms with Gasteiger partial charge in [-0.3, -0.25) is 4.90 Å². The fourth-order valence-corrected chi connectivity index (χ4v) is 4.04. The van der Waals surface area contributed by atoms with Crippen LogP contribution in [0.3, 0.4) is 0 Å². The van der Waals surface area contributed by atoms with Crippen molar-refractivity contribution in [1.29, 1.82) is 0 Å². The van der Waals surface area contributed by atoms with E-state index in [-0.39, 0.29) is 12.2 Å². The van der Waals surface area contributed by atoms with E-state index >= 15 is 0 Å². The van der Waals surface area contributed by atoms with Crippen molar-refractivity contribution in [3.63, 3.8) is 0 Å². The molecule has 1 aliphatic rings. The predicted molar refractivity (Wildman–Crippen MR) is 112 cm³/mol. The summed E-state index contributed by atoms with van der Waals surface area (Å²) in [6.45, 7) is 2.71. The van der Waals surface area contributed by atoms with Crippen LogP contribution in [0, 0.1) is 5.82 Å². The van der Waals surface area contributed by atoms with Crippen LogP contribution >= 0.6 is 0 Å². The van der Waals surface area contributed by atoms with E-state index in [1.165, 1.54) is 11.6 Å². The number of ether oxygens (including phenoxy) is 1. The monoisotopic (exact) mass is 391 g/mol. The van der Waals surface area contributed by atoms with Gasteiger partial charge in [0.25, 0.3) is 0 Å². The molecule has 0 saturated carbocycles. The van der Waals surface area contributed by atoms with Crippen molar-refractivity contribution >= 4 is 0 Å². The van der Waals surface area contributed by atoms with Crippen molar-refractivity contribution in [2.45, 2.75) is 24.7 Å². The van der Waals surface area contributed by atoms with Crippen LogP contribution in [-0.2, 0) is 23.3 Å². The first-order valence-electron chi connectivity index (χ1n) is 10.0. The van der Waals surface area contributed by atoms with Gasteiger partial charge in [-0.1, -0.05) is 78.9 Å². The zero-order valence-electron chi connectivity index (χ0n) is 16.4. The normalized spacial score (nSPS) is 19.6. The van der Waals surface area contributed by atoms with E-state index in [2.05, 4.69) is 17.0 Å². The number of hydrogen-bond acceptors (Lipinski definition) is 3. The second-order valence-electron chi connectivity index (χ2n) is 7.64. The highest BCUT2D eigenvalue weighted by molar-refractivity contribution is 5.29. The van der Waals surface area contributed by atoms with Gasteiger partial charge in [0.1, 0.15) is 17.5 Å². The Balaban J connectivity index is 1.61. The minimum atomic E-state index is -1.32. The molecule has 0 radical (unpaired) electrons. The Labute approximate surface area is 171 Å². The van der Waals surface area contributed by atoms with E-state index in [0.717, 1.165) is 18.7 Å². The van der Waals surface area contributed by atoms with Crippen LogP contribution in [0.15, 0.2) is 84.9 Å². The van der Waals surface area contributed by atoms with Crippen LogP contribution in [0.2, 0.25) is 0 Å². The summed E-state index contributed by atoms with van der Waals surface area (Å²) in [5, 5.41) is 11.9. The number of aliphatic hydroxyl groups is 1. The van der Waals surface area contributed by atoms with Crippen LogP contribution in [0.25, 0.3) is 0 Å². The second-order valence-corrected chi connectivity index (χ2v) is 7.64. The first-order valence-corrected chi connectivity index (χ1v) is 10.0. The summed E-state index contributed by atoms with van der Waals surface area (Å²) in [5.41, 5.74) is 1.14. The van der Waals surface area contributed by atoms with Crippen LogP contribution in [0.1, 0.15) is 16.7 Å². The predicted octanol–water partition coefficient (Wildman–Crippen LogP) is 4.16. The highest BCUT2D eigenvalue weighted by Gasteiger charge is 2.42. The lowest BCUT2D eigenvalue weighted by Crippen LogP contribution is -2.53. The molecule has 1 fully saturated rings. The maximum atomic E-state index is 14.4. The summed E-state index contributed by atoms with van der Waals surface area (Å²) >= 11 is 0. The molecule has 2 unspecified atom stereocenters. The molecule has 150 valence electrons. The van der Waals surface area contributed by atoms with Gasteiger partial charge in [0.05, 0.1) is 6.61 Å². The van der Waals surface area contributed by atoms with Crippen molar-refractivity contribution in [1.82, 2.24) is 4.90 Å². The van der Waals surface area contributed by atoms with Crippen LogP contribution in [0.5, 0.6) is 0 Å². The molecule has 3 nitrogen and oxygen atoms in total. The largest absolute Gasteiger partial charge is 0.382 e. The van der Waals surface area contributed by atoms with Gasteiger partial charge in [0, 0.05) is 26.1 Å². The Morgan fingerprint density at radius 2 is 1.59 bits per heavy atom. The third kappa shape index (κ3) is 4.56. The molecule has 3 aromatic rings. The van der Waals surface area contributed by atoms with Gasteiger partial charge in [-0.25, -0.2) is 4.39 Å². The summed E-state index contributed by atoms with van der Waals surface area (Å²) in [4.78, 5) is 2.29. The molecular formula is C25H26FNO2. The Hall–Kier alpha value is -2.53. The van der Waals surface area contributed by atoms with Crippen molar-refractivity contribution in [3.8, 4) is 0 Å². The minimum Gasteiger partial charge on any atom is -0.382 e. The van der Waals surface area contributed by atoms with E-state index < -0.39 is 11.7 Å². The average molecular weight is 391 g/mol. The molecule has 1 heterocycles. The van der Waals surface area contributed by atoms with E-state index in [0.29, 0.717) is 18.7 Å². The number of halogens is 1. The van der Waals surface area contributed by atoms with E-state index in [1.54, 1.807) is 18.2 Å². The first kappa shape index (κ1) is 19.8. The van der Waals surface area contributed by atoms with E-state index in [4.69, 9.17) is 4.74 Å². The molecule has 2 atom stereocenters. The number of benzene rings is 3. The van der Waals surface area contributed by atoms with E-state index in [1.807, 2.05) is 48.5 Å². The standard InChI is InChI=1S/C25H26FNO2/c26-23-14-8-7-11-21(23)17-25(28,22-12-5-2-6-13-22)24-19-27(15-16-29-24)18-20-9-3-1-4-10-20/h1-14,24,28H,15-19H2. The molecule has 0 aromatic heterocycles. The average Bonchev–Trinajstić information content (AvgIpc) is 2.77. The molecule has 29 heavy (non-hydrogen) atoms. The maximum absolute atomic E-state index is 14.4. The van der Waals surface area contributed by atoms with Gasteiger partial charge in [0.15, 0.2) is 0 Å². The van der Waals surface area contributed by atoms with Gasteiger partial charge >= 0.3 is 0 Å². The molecule has 3 aromatic carbocycles. The number of hydrogen-bond donors (Lipinski definition) is 1. The zero-order chi connectivity index (χ0) is 20.1. The van der Waals surface area contributed by atoms with Gasteiger partial charge < -0.3 is 9.84 Å². The lowest BCUT2D eigenvalue weighted by atomic mass is 9.81. The van der Waals surface area contributed by atoms with Crippen molar-refractivity contribution in [3.05, 3.63) is 107 Å². The second kappa shape index (κ2) is 8.87. The Bertz CT molecular complexity index is 918. The lowest BCUT2D eigenvalue weighted by molar-refractivity contribution is -0.150. The third-order valence-corrected chi connectivity index (χ3v) is 5.62. The van der Waals surface area contributed by atoms with E-state index in [9.17, 15) is 9.50 Å². The fourth-order valence-electron chi connectivity index (χ4n) is 4.04. The maximum Gasteiger partial charge on any atom is 0.126 e. The lowest BCUT2D eigenvalue weighted by Gasteiger charge is -2.42. The Morgan fingerprint density at radius 1 is 0.931 bits per heavy atom. The summed E-state index contributed by atoms with van der Waals surface area (Å²) in [5.74, 6) is -0.307. The minimum absolute atomic E-state index is 0.160. The quantitative estimate of drug-likeness (QED) is 0.685. The molecule has 1 aliphatic heterocycles. The molecule has 1 N–H and O–H groups in total. The molecule has 0 amide bonds. The van der Waals surface area contributed by atoms with Gasteiger partial charge in [-0.2, -0.15) is 0 Å². The molecule has 4 heteroatoms. The smallest absolute Gasteiger partial charge is 0.126 e. The van der Waals surface area contributed by atoms with Crippen molar-refractivity contribution < 1.29 is 14.2 Å². The summed E-state index contributed by atoms with van der Waals surface area (Å²) in [7, 11) is 0. The number of morpholine rings is 1. The molecule has 0 aliphatic carbocycles. The Kier molecular flexibility index (Phi) is 6.05. The molecule has 4 rings (SSSR count). The van der Waals surface area contributed by atoms with Gasteiger partial charge in [-0.05, 0) is 22.8 Å². The topological polar surface area (TPSA) is 32.7 Å². The zero-order valence-corrected chi connectivity index (χ0v) is 16.4. The Morgan fingerprint density at radius 3 is 2.31 bits per heavy atom. The summed E-state index contributed by atoms with van der Waals surface area (Å²) in [6.07, 6.45) is -0.296. The first-order chi connectivity index (χ1) is 14.1. The van der Waals surface area contributed by atoms with Crippen molar-refractivity contribution in [2.75, 3.05) is 19.7 Å². The third-order valence-electron chi connectivity index (χ3n) is 5.62. The van der Waals surface area contributed by atoms with Crippen LogP contribution in [-0.4, -0.2) is 35.8 Å². The van der Waals surface area contributed by atoms with Crippen LogP contribution < -0.4 is 0 Å². The van der Waals surface area contributed by atoms with Crippen LogP contribution in [0.4, 0.5) is 4.39 Å². The molecule has 0 bridgehead atoms.